The predicted molar refractivity (Wildman–Crippen MR) is 98.2 cm³/mol. The van der Waals surface area contributed by atoms with Crippen molar-refractivity contribution in [2.24, 2.45) is 0 Å². The highest BCUT2D eigenvalue weighted by Gasteiger charge is 2.40. The van der Waals surface area contributed by atoms with Gasteiger partial charge in [0.1, 0.15) is 0 Å². The number of fused-ring (bicyclic) bond motifs is 1. The minimum atomic E-state index is -0.948. The Bertz CT molecular complexity index is 897. The first kappa shape index (κ1) is 17.7. The lowest BCUT2D eigenvalue weighted by Crippen LogP contribution is -2.50. The average Bonchev–Trinajstić information content (AvgIpc) is 3.31. The van der Waals surface area contributed by atoms with Gasteiger partial charge in [-0.3, -0.25) is 9.59 Å². The van der Waals surface area contributed by atoms with Crippen molar-refractivity contribution in [1.29, 1.82) is 0 Å². The number of rotatable bonds is 5. The van der Waals surface area contributed by atoms with E-state index in [4.69, 9.17) is 4.74 Å². The van der Waals surface area contributed by atoms with E-state index in [2.05, 4.69) is 10.4 Å². The standard InChI is InChI=1S/C20H23N3O4/c1-13-5-2-3-7-15(13)23-16-8-4-6-14(16)18(22-23)19(26)21-20(11-17(24)25)9-10-27-12-20/h2-3,5,7H,4,6,8-12H2,1H3,(H,21,26)(H,24,25). The Labute approximate surface area is 157 Å². The SMILES string of the molecule is Cc1ccccc1-n1nc(C(=O)NC2(CC(=O)O)CCOC2)c2c1CCC2. The van der Waals surface area contributed by atoms with Crippen molar-refractivity contribution < 1.29 is 19.4 Å². The number of hydrogen-bond donors (Lipinski definition) is 2. The summed E-state index contributed by atoms with van der Waals surface area (Å²) in [5, 5.41) is 16.8. The topological polar surface area (TPSA) is 93.5 Å². The van der Waals surface area contributed by atoms with Crippen LogP contribution in [0.5, 0.6) is 0 Å². The summed E-state index contributed by atoms with van der Waals surface area (Å²) < 4.78 is 7.25. The number of aliphatic carboxylic acids is 1. The molecule has 142 valence electrons. The second-order valence-corrected chi connectivity index (χ2v) is 7.43. The fourth-order valence-corrected chi connectivity index (χ4v) is 4.10. The zero-order valence-electron chi connectivity index (χ0n) is 15.3. The Morgan fingerprint density at radius 2 is 2.15 bits per heavy atom. The van der Waals surface area contributed by atoms with E-state index in [1.54, 1.807) is 0 Å². The van der Waals surface area contributed by atoms with Crippen LogP contribution in [0.3, 0.4) is 0 Å². The van der Waals surface area contributed by atoms with Gasteiger partial charge in [0.25, 0.3) is 5.91 Å². The third-order valence-electron chi connectivity index (χ3n) is 5.46. The molecule has 2 aliphatic rings. The molecule has 2 N–H and O–H groups in total. The van der Waals surface area contributed by atoms with E-state index in [0.29, 0.717) is 18.7 Å². The molecule has 27 heavy (non-hydrogen) atoms. The van der Waals surface area contributed by atoms with Crippen LogP contribution in [0.15, 0.2) is 24.3 Å². The van der Waals surface area contributed by atoms with Crippen LogP contribution in [0.4, 0.5) is 0 Å². The molecule has 1 aliphatic heterocycles. The van der Waals surface area contributed by atoms with Crippen LogP contribution in [0.25, 0.3) is 5.69 Å². The van der Waals surface area contributed by atoms with Crippen molar-refractivity contribution >= 4 is 11.9 Å². The molecular weight excluding hydrogens is 346 g/mol. The van der Waals surface area contributed by atoms with Gasteiger partial charge in [0, 0.05) is 17.9 Å². The van der Waals surface area contributed by atoms with Crippen molar-refractivity contribution in [1.82, 2.24) is 15.1 Å². The van der Waals surface area contributed by atoms with E-state index in [9.17, 15) is 14.7 Å². The molecule has 1 saturated heterocycles. The third-order valence-corrected chi connectivity index (χ3v) is 5.46. The molecule has 2 heterocycles. The summed E-state index contributed by atoms with van der Waals surface area (Å²) >= 11 is 0. The molecule has 1 unspecified atom stereocenters. The van der Waals surface area contributed by atoms with Crippen LogP contribution in [0.2, 0.25) is 0 Å². The number of carbonyl (C=O) groups is 2. The fraction of sp³-hybridized carbons (Fsp3) is 0.450. The van der Waals surface area contributed by atoms with E-state index in [-0.39, 0.29) is 18.9 Å². The largest absolute Gasteiger partial charge is 0.481 e. The summed E-state index contributed by atoms with van der Waals surface area (Å²) in [6.45, 7) is 2.69. The maximum absolute atomic E-state index is 13.0. The molecule has 1 aliphatic carbocycles. The molecule has 7 heteroatoms. The predicted octanol–water partition coefficient (Wildman–Crippen LogP) is 2.03. The van der Waals surface area contributed by atoms with Gasteiger partial charge in [-0.2, -0.15) is 5.10 Å². The Hall–Kier alpha value is -2.67. The van der Waals surface area contributed by atoms with Gasteiger partial charge >= 0.3 is 5.97 Å². The van der Waals surface area contributed by atoms with Gasteiger partial charge in [-0.15, -0.1) is 0 Å². The molecule has 1 fully saturated rings. The van der Waals surface area contributed by atoms with Gasteiger partial charge in [0.05, 0.1) is 24.3 Å². The van der Waals surface area contributed by atoms with Crippen LogP contribution in [0, 0.1) is 6.92 Å². The van der Waals surface area contributed by atoms with Gasteiger partial charge in [0.15, 0.2) is 5.69 Å². The summed E-state index contributed by atoms with van der Waals surface area (Å²) in [7, 11) is 0. The molecule has 0 spiro atoms. The number of carboxylic acids is 1. The zero-order valence-corrected chi connectivity index (χ0v) is 15.3. The van der Waals surface area contributed by atoms with E-state index in [1.165, 1.54) is 0 Å². The van der Waals surface area contributed by atoms with Crippen molar-refractivity contribution in [3.63, 3.8) is 0 Å². The number of amides is 1. The van der Waals surface area contributed by atoms with Crippen LogP contribution < -0.4 is 5.32 Å². The highest BCUT2D eigenvalue weighted by Crippen LogP contribution is 2.30. The number of benzene rings is 1. The first-order valence-electron chi connectivity index (χ1n) is 9.28. The number of carbonyl (C=O) groups excluding carboxylic acids is 1. The number of hydrogen-bond acceptors (Lipinski definition) is 4. The molecule has 0 saturated carbocycles. The van der Waals surface area contributed by atoms with Crippen molar-refractivity contribution in [3.05, 3.63) is 46.8 Å². The number of aryl methyl sites for hydroxylation is 1. The smallest absolute Gasteiger partial charge is 0.305 e. The van der Waals surface area contributed by atoms with Gasteiger partial charge in [-0.25, -0.2) is 4.68 Å². The van der Waals surface area contributed by atoms with E-state index in [1.807, 2.05) is 35.9 Å². The Kier molecular flexibility index (Phi) is 4.47. The van der Waals surface area contributed by atoms with Crippen LogP contribution in [0.1, 0.15) is 46.6 Å². The van der Waals surface area contributed by atoms with Crippen molar-refractivity contribution in [2.45, 2.75) is 44.6 Å². The molecular formula is C20H23N3O4. The summed E-state index contributed by atoms with van der Waals surface area (Å²) in [6, 6.07) is 7.96. The Balaban J connectivity index is 1.68. The van der Waals surface area contributed by atoms with E-state index in [0.717, 1.165) is 41.8 Å². The molecule has 1 aromatic carbocycles. The van der Waals surface area contributed by atoms with Crippen LogP contribution in [-0.4, -0.2) is 45.5 Å². The molecule has 1 atom stereocenters. The molecule has 1 amide bonds. The first-order chi connectivity index (χ1) is 13.0. The average molecular weight is 369 g/mol. The van der Waals surface area contributed by atoms with Crippen LogP contribution >= 0.6 is 0 Å². The molecule has 0 radical (unpaired) electrons. The third kappa shape index (κ3) is 3.23. The van der Waals surface area contributed by atoms with Crippen LogP contribution in [-0.2, 0) is 22.4 Å². The van der Waals surface area contributed by atoms with Gasteiger partial charge in [-0.1, -0.05) is 18.2 Å². The van der Waals surface area contributed by atoms with Gasteiger partial charge in [0.2, 0.25) is 0 Å². The molecule has 7 nitrogen and oxygen atoms in total. The molecule has 0 bridgehead atoms. The van der Waals surface area contributed by atoms with Gasteiger partial charge in [-0.05, 0) is 44.2 Å². The normalized spacial score (nSPS) is 21.2. The Morgan fingerprint density at radius 3 is 2.85 bits per heavy atom. The van der Waals surface area contributed by atoms with E-state index >= 15 is 0 Å². The number of nitrogens with one attached hydrogen (secondary N) is 1. The number of nitrogens with zero attached hydrogens (tertiary/aromatic N) is 2. The number of para-hydroxylation sites is 1. The fourth-order valence-electron chi connectivity index (χ4n) is 4.10. The number of ether oxygens (including phenoxy) is 1. The number of carboxylic acid groups (broad SMARTS) is 1. The molecule has 4 rings (SSSR count). The van der Waals surface area contributed by atoms with Gasteiger partial charge < -0.3 is 15.2 Å². The number of aromatic nitrogens is 2. The maximum Gasteiger partial charge on any atom is 0.305 e. The lowest BCUT2D eigenvalue weighted by atomic mass is 9.94. The quantitative estimate of drug-likeness (QED) is 0.841. The minimum Gasteiger partial charge on any atom is -0.481 e. The lowest BCUT2D eigenvalue weighted by Gasteiger charge is -2.26. The van der Waals surface area contributed by atoms with Crippen molar-refractivity contribution in [2.75, 3.05) is 13.2 Å². The highest BCUT2D eigenvalue weighted by atomic mass is 16.5. The summed E-state index contributed by atoms with van der Waals surface area (Å²) in [6.07, 6.45) is 3.02. The molecule has 1 aromatic heterocycles. The Morgan fingerprint density at radius 1 is 1.33 bits per heavy atom. The first-order valence-corrected chi connectivity index (χ1v) is 9.28. The van der Waals surface area contributed by atoms with Crippen molar-refractivity contribution in [3.8, 4) is 5.69 Å². The maximum atomic E-state index is 13.0. The second kappa shape index (κ2) is 6.81. The second-order valence-electron chi connectivity index (χ2n) is 7.43. The highest BCUT2D eigenvalue weighted by molar-refractivity contribution is 5.95. The lowest BCUT2D eigenvalue weighted by molar-refractivity contribution is -0.138. The molecule has 2 aromatic rings. The van der Waals surface area contributed by atoms with E-state index < -0.39 is 11.5 Å². The summed E-state index contributed by atoms with van der Waals surface area (Å²) in [5.74, 6) is -1.26. The minimum absolute atomic E-state index is 0.153. The summed E-state index contributed by atoms with van der Waals surface area (Å²) in [4.78, 5) is 24.3. The summed E-state index contributed by atoms with van der Waals surface area (Å²) in [5.41, 5.74) is 3.65. The zero-order chi connectivity index (χ0) is 19.0. The monoisotopic (exact) mass is 369 g/mol.